The van der Waals surface area contributed by atoms with E-state index < -0.39 is 6.10 Å². The van der Waals surface area contributed by atoms with Gasteiger partial charge < -0.3 is 10.0 Å². The van der Waals surface area contributed by atoms with Crippen LogP contribution in [0.1, 0.15) is 30.4 Å². The highest BCUT2D eigenvalue weighted by molar-refractivity contribution is 5.89. The summed E-state index contributed by atoms with van der Waals surface area (Å²) in [6.45, 7) is 0. The zero-order valence-corrected chi connectivity index (χ0v) is 13.9. The molecule has 2 aromatic rings. The second kappa shape index (κ2) is 6.63. The molecule has 3 atom stereocenters. The Kier molecular flexibility index (Phi) is 4.18. The number of hydrogen-bond donors (Lipinski definition) is 1. The Bertz CT molecular complexity index is 807. The minimum absolute atomic E-state index is 0.119. The van der Waals surface area contributed by atoms with Gasteiger partial charge >= 0.3 is 0 Å². The Morgan fingerprint density at radius 1 is 0.960 bits per heavy atom. The second-order valence-corrected chi connectivity index (χ2v) is 6.58. The lowest BCUT2D eigenvalue weighted by Crippen LogP contribution is -2.49. The maximum Gasteiger partial charge on any atom is 0.0832 e. The monoisotopic (exact) mass is 332 g/mol. The van der Waals surface area contributed by atoms with Crippen LogP contribution >= 0.6 is 0 Å². The zero-order valence-electron chi connectivity index (χ0n) is 13.9. The van der Waals surface area contributed by atoms with Crippen molar-refractivity contribution in [1.29, 1.82) is 0 Å². The third-order valence-corrected chi connectivity index (χ3v) is 5.15. The number of azide groups is 1. The third-order valence-electron chi connectivity index (χ3n) is 5.15. The maximum absolute atomic E-state index is 10.9. The van der Waals surface area contributed by atoms with Gasteiger partial charge in [-0.3, -0.25) is 0 Å². The van der Waals surface area contributed by atoms with Crippen molar-refractivity contribution < 1.29 is 5.11 Å². The molecule has 5 heteroatoms. The molecule has 4 rings (SSSR count). The average Bonchev–Trinajstić information content (AvgIpc) is 2.81. The summed E-state index contributed by atoms with van der Waals surface area (Å²) in [7, 11) is 0. The summed E-state index contributed by atoms with van der Waals surface area (Å²) < 4.78 is 0. The van der Waals surface area contributed by atoms with Gasteiger partial charge in [-0.05, 0) is 41.6 Å². The van der Waals surface area contributed by atoms with E-state index in [9.17, 15) is 5.11 Å². The van der Waals surface area contributed by atoms with Crippen molar-refractivity contribution in [2.24, 2.45) is 5.11 Å². The highest BCUT2D eigenvalue weighted by Crippen LogP contribution is 2.41. The Morgan fingerprint density at radius 2 is 1.56 bits per heavy atom. The van der Waals surface area contributed by atoms with Crippen molar-refractivity contribution >= 4 is 23.5 Å². The molecule has 1 aliphatic heterocycles. The summed E-state index contributed by atoms with van der Waals surface area (Å²) >= 11 is 0. The van der Waals surface area contributed by atoms with Crippen LogP contribution in [0.25, 0.3) is 22.6 Å². The van der Waals surface area contributed by atoms with Crippen LogP contribution in [0.3, 0.4) is 0 Å². The largest absolute Gasteiger partial charge is 0.391 e. The van der Waals surface area contributed by atoms with Crippen molar-refractivity contribution in [1.82, 2.24) is 0 Å². The van der Waals surface area contributed by atoms with E-state index in [4.69, 9.17) is 5.53 Å². The molecule has 1 fully saturated rings. The molecule has 1 saturated carbocycles. The Balaban J connectivity index is 1.85. The van der Waals surface area contributed by atoms with Crippen molar-refractivity contribution in [2.45, 2.75) is 37.5 Å². The van der Waals surface area contributed by atoms with Gasteiger partial charge in [-0.25, -0.2) is 0 Å². The summed E-state index contributed by atoms with van der Waals surface area (Å²) in [5.74, 6) is 0. The maximum atomic E-state index is 10.9. The molecule has 0 bridgehead atoms. The van der Waals surface area contributed by atoms with E-state index in [0.29, 0.717) is 0 Å². The van der Waals surface area contributed by atoms with Crippen LogP contribution in [-0.2, 0) is 0 Å². The Labute approximate surface area is 146 Å². The highest BCUT2D eigenvalue weighted by Gasteiger charge is 2.37. The van der Waals surface area contributed by atoms with Crippen molar-refractivity contribution in [3.63, 3.8) is 0 Å². The highest BCUT2D eigenvalue weighted by atomic mass is 16.3. The van der Waals surface area contributed by atoms with Crippen LogP contribution in [0.15, 0.2) is 53.6 Å². The van der Waals surface area contributed by atoms with Gasteiger partial charge in [0, 0.05) is 16.3 Å². The molecule has 1 aliphatic carbocycles. The van der Waals surface area contributed by atoms with Gasteiger partial charge in [-0.2, -0.15) is 0 Å². The fourth-order valence-corrected chi connectivity index (χ4v) is 3.97. The number of benzene rings is 2. The van der Waals surface area contributed by atoms with Crippen LogP contribution in [0.4, 0.5) is 11.4 Å². The number of para-hydroxylation sites is 2. The first kappa shape index (κ1) is 15.8. The van der Waals surface area contributed by atoms with Crippen LogP contribution in [-0.4, -0.2) is 23.3 Å². The topological polar surface area (TPSA) is 72.2 Å². The third kappa shape index (κ3) is 2.78. The van der Waals surface area contributed by atoms with Gasteiger partial charge in [0.2, 0.25) is 0 Å². The fourth-order valence-electron chi connectivity index (χ4n) is 3.97. The normalized spacial score (nSPS) is 24.7. The predicted octanol–water partition coefficient (Wildman–Crippen LogP) is 4.90. The van der Waals surface area contributed by atoms with Crippen molar-refractivity contribution in [3.05, 3.63) is 70.1 Å². The lowest BCUT2D eigenvalue weighted by Gasteiger charge is -2.42. The van der Waals surface area contributed by atoms with Gasteiger partial charge in [-0.15, -0.1) is 0 Å². The van der Waals surface area contributed by atoms with Gasteiger partial charge in [0.1, 0.15) is 0 Å². The molecule has 2 aromatic carbocycles. The van der Waals surface area contributed by atoms with Crippen LogP contribution in [0, 0.1) is 0 Å². The van der Waals surface area contributed by atoms with E-state index in [0.717, 1.165) is 41.8 Å². The van der Waals surface area contributed by atoms with Crippen LogP contribution < -0.4 is 4.90 Å². The standard InChI is InChI=1S/C20H20N4O/c21-23-22-16-8-5-11-19(20(16)25)24-17-9-3-1-6-14(17)12-13-15-7-2-4-10-18(15)24/h1-4,6-7,9-10,12-13,16,19-20,25H,5,8,11H2/t16?,19-,20-/m1/s1. The molecule has 0 radical (unpaired) electrons. The molecular formula is C20H20N4O. The molecule has 1 N–H and O–H groups in total. The van der Waals surface area contributed by atoms with E-state index in [-0.39, 0.29) is 12.1 Å². The van der Waals surface area contributed by atoms with Crippen molar-refractivity contribution in [3.8, 4) is 0 Å². The SMILES string of the molecule is [N-]=[N+]=NC1CCC[C@@H](N2c3ccccc3C=Cc3ccccc32)[C@@H]1O. The molecular weight excluding hydrogens is 312 g/mol. The molecule has 126 valence electrons. The van der Waals surface area contributed by atoms with Crippen LogP contribution in [0.2, 0.25) is 0 Å². The molecule has 1 unspecified atom stereocenters. The summed E-state index contributed by atoms with van der Waals surface area (Å²) in [5.41, 5.74) is 13.2. The number of anilines is 2. The first-order valence-electron chi connectivity index (χ1n) is 8.67. The molecule has 5 nitrogen and oxygen atoms in total. The summed E-state index contributed by atoms with van der Waals surface area (Å²) in [6, 6.07) is 16.0. The minimum Gasteiger partial charge on any atom is -0.391 e. The molecule has 0 aromatic heterocycles. The van der Waals surface area contributed by atoms with Gasteiger partial charge in [0.25, 0.3) is 0 Å². The lowest BCUT2D eigenvalue weighted by molar-refractivity contribution is 0.0879. The molecule has 0 saturated heterocycles. The van der Waals surface area contributed by atoms with Crippen LogP contribution in [0.5, 0.6) is 0 Å². The summed E-state index contributed by atoms with van der Waals surface area (Å²) in [6.07, 6.45) is 6.07. The Hall–Kier alpha value is -2.75. The minimum atomic E-state index is -0.691. The van der Waals surface area contributed by atoms with Gasteiger partial charge in [0.05, 0.1) is 18.2 Å². The summed E-state index contributed by atoms with van der Waals surface area (Å²) in [5, 5.41) is 14.8. The van der Waals surface area contributed by atoms with Gasteiger partial charge in [0.15, 0.2) is 0 Å². The lowest BCUT2D eigenvalue weighted by atomic mass is 9.86. The second-order valence-electron chi connectivity index (χ2n) is 6.58. The van der Waals surface area contributed by atoms with Crippen molar-refractivity contribution in [2.75, 3.05) is 4.90 Å². The van der Waals surface area contributed by atoms with E-state index in [1.807, 2.05) is 24.3 Å². The first-order valence-corrected chi connectivity index (χ1v) is 8.67. The quantitative estimate of drug-likeness (QED) is 0.482. The number of nitrogens with zero attached hydrogens (tertiary/aromatic N) is 4. The summed E-state index contributed by atoms with van der Waals surface area (Å²) in [4.78, 5) is 5.16. The average molecular weight is 332 g/mol. The number of aliphatic hydroxyl groups is 1. The number of rotatable bonds is 2. The number of hydrogen-bond acceptors (Lipinski definition) is 3. The molecule has 2 aliphatic rings. The molecule has 1 heterocycles. The Morgan fingerprint density at radius 3 is 2.16 bits per heavy atom. The molecule has 0 amide bonds. The number of fused-ring (bicyclic) bond motifs is 2. The first-order chi connectivity index (χ1) is 12.3. The zero-order chi connectivity index (χ0) is 17.2. The molecule has 25 heavy (non-hydrogen) atoms. The van der Waals surface area contributed by atoms with E-state index in [1.165, 1.54) is 0 Å². The van der Waals surface area contributed by atoms with E-state index in [1.54, 1.807) is 0 Å². The molecule has 0 spiro atoms. The smallest absolute Gasteiger partial charge is 0.0832 e. The predicted molar refractivity (Wildman–Crippen MR) is 101 cm³/mol. The number of aliphatic hydroxyl groups excluding tert-OH is 1. The fraction of sp³-hybridized carbons (Fsp3) is 0.300. The van der Waals surface area contributed by atoms with E-state index >= 15 is 0 Å². The van der Waals surface area contributed by atoms with Gasteiger partial charge in [-0.1, -0.05) is 60.1 Å². The van der Waals surface area contributed by atoms with E-state index in [2.05, 4.69) is 51.3 Å².